The molecule has 0 atom stereocenters. The summed E-state index contributed by atoms with van der Waals surface area (Å²) in [5, 5.41) is 3.75. The third kappa shape index (κ3) is 5.07. The van der Waals surface area contributed by atoms with Crippen LogP contribution in [0.3, 0.4) is 0 Å². The first-order chi connectivity index (χ1) is 11.2. The van der Waals surface area contributed by atoms with Gasteiger partial charge in [-0.15, -0.1) is 0 Å². The topological polar surface area (TPSA) is 60.5 Å². The summed E-state index contributed by atoms with van der Waals surface area (Å²) in [5.41, 5.74) is 1.67. The molecule has 0 saturated heterocycles. The Morgan fingerprint density at radius 1 is 1.30 bits per heavy atom. The summed E-state index contributed by atoms with van der Waals surface area (Å²) < 4.78 is 10.6. The van der Waals surface area contributed by atoms with E-state index in [2.05, 4.69) is 10.3 Å². The van der Waals surface area contributed by atoms with Crippen LogP contribution in [0, 0.1) is 0 Å². The molecule has 0 bridgehead atoms. The van der Waals surface area contributed by atoms with E-state index in [0.29, 0.717) is 25.6 Å². The summed E-state index contributed by atoms with van der Waals surface area (Å²) in [4.78, 5) is 16.3. The smallest absolute Gasteiger partial charge is 0.244 e. The number of nitrogens with one attached hydrogen (secondary N) is 1. The molecule has 5 heteroatoms. The zero-order valence-corrected chi connectivity index (χ0v) is 13.5. The number of carbonyl (C=O) groups excluding carboxylic acids is 1. The zero-order valence-electron chi connectivity index (χ0n) is 13.5. The maximum Gasteiger partial charge on any atom is 0.244 e. The molecule has 1 aromatic heterocycles. The predicted octanol–water partition coefficient (Wildman–Crippen LogP) is 2.80. The van der Waals surface area contributed by atoms with E-state index >= 15 is 0 Å². The van der Waals surface area contributed by atoms with Gasteiger partial charge in [-0.1, -0.05) is 25.1 Å². The van der Waals surface area contributed by atoms with E-state index in [4.69, 9.17) is 9.47 Å². The molecule has 0 unspecified atom stereocenters. The van der Waals surface area contributed by atoms with Gasteiger partial charge in [-0.05, 0) is 24.6 Å². The van der Waals surface area contributed by atoms with Gasteiger partial charge in [0.15, 0.2) is 0 Å². The van der Waals surface area contributed by atoms with Crippen LogP contribution >= 0.6 is 0 Å². The predicted molar refractivity (Wildman–Crippen MR) is 91.4 cm³/mol. The summed E-state index contributed by atoms with van der Waals surface area (Å²) in [6.07, 6.45) is 4.11. The van der Waals surface area contributed by atoms with Crippen LogP contribution in [0.4, 0.5) is 0 Å². The highest BCUT2D eigenvalue weighted by Crippen LogP contribution is 2.23. The van der Waals surface area contributed by atoms with Gasteiger partial charge in [0.05, 0.1) is 18.7 Å². The van der Waals surface area contributed by atoms with Crippen molar-refractivity contribution >= 4 is 22.9 Å². The molecular formula is C18H22N2O3. The normalized spacial score (nSPS) is 11.0. The van der Waals surface area contributed by atoms with Crippen molar-refractivity contribution in [1.29, 1.82) is 0 Å². The highest BCUT2D eigenvalue weighted by molar-refractivity contribution is 5.93. The third-order valence-electron chi connectivity index (χ3n) is 3.18. The van der Waals surface area contributed by atoms with Gasteiger partial charge >= 0.3 is 0 Å². The van der Waals surface area contributed by atoms with E-state index < -0.39 is 0 Å². The van der Waals surface area contributed by atoms with Crippen molar-refractivity contribution in [3.8, 4) is 5.88 Å². The first kappa shape index (κ1) is 17.0. The largest absolute Gasteiger partial charge is 0.477 e. The monoisotopic (exact) mass is 314 g/mol. The van der Waals surface area contributed by atoms with Crippen LogP contribution in [0.5, 0.6) is 5.88 Å². The number of aromatic nitrogens is 1. The second kappa shape index (κ2) is 8.90. The Balaban J connectivity index is 2.20. The highest BCUT2D eigenvalue weighted by atomic mass is 16.5. The van der Waals surface area contributed by atoms with Crippen molar-refractivity contribution in [2.45, 2.75) is 13.3 Å². The van der Waals surface area contributed by atoms with Crippen LogP contribution in [-0.2, 0) is 9.53 Å². The number of methoxy groups -OCH3 is 1. The molecule has 122 valence electrons. The van der Waals surface area contributed by atoms with Crippen LogP contribution in [0.25, 0.3) is 17.0 Å². The molecule has 1 aromatic carbocycles. The molecule has 2 rings (SSSR count). The van der Waals surface area contributed by atoms with Gasteiger partial charge < -0.3 is 14.8 Å². The summed E-state index contributed by atoms with van der Waals surface area (Å²) in [7, 11) is 1.60. The SMILES string of the molecule is CCCOc1nc2ccccc2cc1C=CC(=O)NCCOC. The molecule has 0 aliphatic rings. The van der Waals surface area contributed by atoms with E-state index in [1.54, 1.807) is 13.2 Å². The molecule has 1 N–H and O–H groups in total. The van der Waals surface area contributed by atoms with Gasteiger partial charge in [0, 0.05) is 30.7 Å². The minimum Gasteiger partial charge on any atom is -0.477 e. The lowest BCUT2D eigenvalue weighted by Gasteiger charge is -2.09. The van der Waals surface area contributed by atoms with Crippen molar-refractivity contribution < 1.29 is 14.3 Å². The fourth-order valence-corrected chi connectivity index (χ4v) is 2.05. The van der Waals surface area contributed by atoms with Crippen molar-refractivity contribution in [3.63, 3.8) is 0 Å². The van der Waals surface area contributed by atoms with Crippen LogP contribution < -0.4 is 10.1 Å². The van der Waals surface area contributed by atoms with Crippen molar-refractivity contribution in [1.82, 2.24) is 10.3 Å². The van der Waals surface area contributed by atoms with Gasteiger partial charge in [-0.3, -0.25) is 4.79 Å². The van der Waals surface area contributed by atoms with Crippen LogP contribution in [0.1, 0.15) is 18.9 Å². The second-order valence-corrected chi connectivity index (χ2v) is 5.04. The van der Waals surface area contributed by atoms with Crippen LogP contribution in [0.2, 0.25) is 0 Å². The number of hydrogen-bond donors (Lipinski definition) is 1. The molecule has 1 heterocycles. The van der Waals surface area contributed by atoms with Crippen molar-refractivity contribution in [2.75, 3.05) is 26.9 Å². The molecule has 0 radical (unpaired) electrons. The molecule has 5 nitrogen and oxygen atoms in total. The summed E-state index contributed by atoms with van der Waals surface area (Å²) in [5.74, 6) is 0.378. The lowest BCUT2D eigenvalue weighted by Crippen LogP contribution is -2.24. The van der Waals surface area contributed by atoms with E-state index in [1.807, 2.05) is 37.3 Å². The number of carbonyl (C=O) groups is 1. The fraction of sp³-hybridized carbons (Fsp3) is 0.333. The minimum atomic E-state index is -0.170. The molecule has 23 heavy (non-hydrogen) atoms. The van der Waals surface area contributed by atoms with Gasteiger partial charge in [-0.25, -0.2) is 4.98 Å². The van der Waals surface area contributed by atoms with Crippen LogP contribution in [-0.4, -0.2) is 37.8 Å². The Morgan fingerprint density at radius 3 is 2.91 bits per heavy atom. The number of nitrogens with zero attached hydrogens (tertiary/aromatic N) is 1. The standard InChI is InChI=1S/C18H22N2O3/c1-3-11-23-18-15(8-9-17(21)19-10-12-22-2)13-14-6-4-5-7-16(14)20-18/h4-9,13H,3,10-12H2,1-2H3,(H,19,21). The lowest BCUT2D eigenvalue weighted by molar-refractivity contribution is -0.116. The number of pyridine rings is 1. The van der Waals surface area contributed by atoms with Gasteiger partial charge in [0.1, 0.15) is 0 Å². The lowest BCUT2D eigenvalue weighted by atomic mass is 10.1. The quantitative estimate of drug-likeness (QED) is 0.601. The number of rotatable bonds is 8. The Bertz CT molecular complexity index is 683. The van der Waals surface area contributed by atoms with Crippen molar-refractivity contribution in [3.05, 3.63) is 42.0 Å². The summed E-state index contributed by atoms with van der Waals surface area (Å²) in [6.45, 7) is 3.60. The maximum atomic E-state index is 11.8. The van der Waals surface area contributed by atoms with Gasteiger partial charge in [0.2, 0.25) is 11.8 Å². The molecule has 0 spiro atoms. The first-order valence-corrected chi connectivity index (χ1v) is 7.72. The van der Waals surface area contributed by atoms with E-state index in [-0.39, 0.29) is 5.91 Å². The zero-order chi connectivity index (χ0) is 16.5. The Labute approximate surface area is 136 Å². The van der Waals surface area contributed by atoms with Gasteiger partial charge in [-0.2, -0.15) is 0 Å². The Kier molecular flexibility index (Phi) is 6.56. The number of amides is 1. The third-order valence-corrected chi connectivity index (χ3v) is 3.18. The summed E-state index contributed by atoms with van der Waals surface area (Å²) in [6, 6.07) is 9.81. The fourth-order valence-electron chi connectivity index (χ4n) is 2.05. The second-order valence-electron chi connectivity index (χ2n) is 5.04. The highest BCUT2D eigenvalue weighted by Gasteiger charge is 2.06. The molecule has 1 amide bonds. The minimum absolute atomic E-state index is 0.170. The molecule has 0 aliphatic carbocycles. The maximum absolute atomic E-state index is 11.8. The number of fused-ring (bicyclic) bond motifs is 1. The number of ether oxygens (including phenoxy) is 2. The molecular weight excluding hydrogens is 292 g/mol. The van der Waals surface area contributed by atoms with E-state index in [9.17, 15) is 4.79 Å². The molecule has 2 aromatic rings. The molecule has 0 saturated carbocycles. The molecule has 0 aliphatic heterocycles. The van der Waals surface area contributed by atoms with Gasteiger partial charge in [0.25, 0.3) is 0 Å². The summed E-state index contributed by atoms with van der Waals surface area (Å²) >= 11 is 0. The Hall–Kier alpha value is -2.40. The first-order valence-electron chi connectivity index (χ1n) is 7.72. The Morgan fingerprint density at radius 2 is 2.13 bits per heavy atom. The number of para-hydroxylation sites is 1. The van der Waals surface area contributed by atoms with Crippen LogP contribution in [0.15, 0.2) is 36.4 Å². The van der Waals surface area contributed by atoms with E-state index in [0.717, 1.165) is 22.9 Å². The number of benzene rings is 1. The molecule has 0 fully saturated rings. The average molecular weight is 314 g/mol. The number of hydrogen-bond acceptors (Lipinski definition) is 4. The van der Waals surface area contributed by atoms with Crippen molar-refractivity contribution in [2.24, 2.45) is 0 Å². The average Bonchev–Trinajstić information content (AvgIpc) is 2.58. The van der Waals surface area contributed by atoms with E-state index in [1.165, 1.54) is 6.08 Å².